The molecule has 1 aromatic carbocycles. The van der Waals surface area contributed by atoms with Gasteiger partial charge in [-0.2, -0.15) is 0 Å². The highest BCUT2D eigenvalue weighted by atomic mass is 16.6. The number of nitrogens with zero attached hydrogens (tertiary/aromatic N) is 4. The van der Waals surface area contributed by atoms with E-state index in [0.29, 0.717) is 104 Å². The molecule has 0 amide bonds. The van der Waals surface area contributed by atoms with Gasteiger partial charge in [0.15, 0.2) is 0 Å². The van der Waals surface area contributed by atoms with Gasteiger partial charge in [-0.15, -0.1) is 0 Å². The van der Waals surface area contributed by atoms with Crippen LogP contribution in [0, 0.1) is 13.8 Å². The van der Waals surface area contributed by atoms with E-state index in [4.69, 9.17) is 61.9 Å². The van der Waals surface area contributed by atoms with E-state index >= 15 is 0 Å². The summed E-state index contributed by atoms with van der Waals surface area (Å²) >= 11 is 0. The highest BCUT2D eigenvalue weighted by Crippen LogP contribution is 2.41. The van der Waals surface area contributed by atoms with Crippen molar-refractivity contribution in [1.82, 2.24) is 19.7 Å². The van der Waals surface area contributed by atoms with E-state index in [0.717, 1.165) is 70.6 Å². The van der Waals surface area contributed by atoms with Gasteiger partial charge in [0, 0.05) is 37.2 Å². The number of methoxy groups -OCH3 is 1. The van der Waals surface area contributed by atoms with Crippen LogP contribution in [0.4, 0.5) is 0 Å². The first-order chi connectivity index (χ1) is 28.6. The van der Waals surface area contributed by atoms with Gasteiger partial charge >= 0.3 is 5.97 Å². The highest BCUT2D eigenvalue weighted by Gasteiger charge is 2.27. The number of rotatable bonds is 27. The molecule has 1 saturated heterocycles. The van der Waals surface area contributed by atoms with Gasteiger partial charge in [0.05, 0.1) is 127 Å². The number of imidazole rings is 1. The van der Waals surface area contributed by atoms with Crippen molar-refractivity contribution in [3.63, 3.8) is 0 Å². The minimum absolute atomic E-state index is 0.0520. The van der Waals surface area contributed by atoms with Crippen molar-refractivity contribution in [2.45, 2.75) is 78.4 Å². The standard InChI is InChI=1S/C43H64N4O12/c1-30(29-49-7)47-41-34-27-38(35(40-31(2)46-59-32(40)3)26-36(34)44-28-37(41)45-42(47)33-8-11-50-12-9-33)57-25-24-56-23-22-55-21-20-54-19-18-53-17-16-52-15-14-51-13-10-39(48)58-43(4,5)6/h26-28,30,33H,8-25,29H2,1-7H3/t30-/m1/s1. The maximum Gasteiger partial charge on any atom is 0.308 e. The molecule has 328 valence electrons. The molecule has 1 atom stereocenters. The summed E-state index contributed by atoms with van der Waals surface area (Å²) in [5, 5.41) is 5.16. The number of hydrogen-bond donors (Lipinski definition) is 0. The third kappa shape index (κ3) is 14.2. The van der Waals surface area contributed by atoms with E-state index in [1.54, 1.807) is 7.11 Å². The van der Waals surface area contributed by atoms with Crippen LogP contribution in [-0.2, 0) is 47.4 Å². The zero-order chi connectivity index (χ0) is 42.0. The van der Waals surface area contributed by atoms with Crippen molar-refractivity contribution in [3.8, 4) is 16.9 Å². The molecule has 3 aromatic heterocycles. The third-order valence-corrected chi connectivity index (χ3v) is 9.60. The van der Waals surface area contributed by atoms with Crippen molar-refractivity contribution >= 4 is 27.9 Å². The molecule has 5 rings (SSSR count). The molecule has 0 N–H and O–H groups in total. The lowest BCUT2D eigenvalue weighted by molar-refractivity contribution is -0.156. The van der Waals surface area contributed by atoms with E-state index < -0.39 is 5.60 Å². The van der Waals surface area contributed by atoms with Gasteiger partial charge in [0.25, 0.3) is 0 Å². The summed E-state index contributed by atoms with van der Waals surface area (Å²) in [6.07, 6.45) is 3.93. The lowest BCUT2D eigenvalue weighted by atomic mass is 9.99. The van der Waals surface area contributed by atoms with Crippen LogP contribution < -0.4 is 4.74 Å². The number of hydrogen-bond acceptors (Lipinski definition) is 15. The fraction of sp³-hybridized carbons (Fsp3) is 0.674. The smallest absolute Gasteiger partial charge is 0.308 e. The third-order valence-electron chi connectivity index (χ3n) is 9.60. The summed E-state index contributed by atoms with van der Waals surface area (Å²) in [5.74, 6) is 2.46. The molecule has 0 aliphatic carbocycles. The van der Waals surface area contributed by atoms with Crippen molar-refractivity contribution in [1.29, 1.82) is 0 Å². The lowest BCUT2D eigenvalue weighted by Gasteiger charge is -2.25. The Bertz CT molecular complexity index is 1850. The zero-order valence-corrected chi connectivity index (χ0v) is 36.0. The van der Waals surface area contributed by atoms with Gasteiger partial charge < -0.3 is 56.5 Å². The van der Waals surface area contributed by atoms with Crippen LogP contribution in [0.3, 0.4) is 0 Å². The van der Waals surface area contributed by atoms with Crippen LogP contribution in [0.25, 0.3) is 33.1 Å². The molecule has 0 saturated carbocycles. The largest absolute Gasteiger partial charge is 0.491 e. The van der Waals surface area contributed by atoms with Crippen LogP contribution in [0.1, 0.15) is 76.2 Å². The monoisotopic (exact) mass is 828 g/mol. The van der Waals surface area contributed by atoms with E-state index in [2.05, 4.69) is 28.8 Å². The second-order valence-electron chi connectivity index (χ2n) is 15.4. The maximum atomic E-state index is 11.7. The first kappa shape index (κ1) is 46.3. The Balaban J connectivity index is 1.02. The summed E-state index contributed by atoms with van der Waals surface area (Å²) in [5.41, 5.74) is 4.72. The SMILES string of the molecule is COC[C@@H](C)n1c(C2CCOCC2)nc2cnc3cc(-c4c(C)noc4C)c(OCCOCCOCCOCCOCCOCCOCCC(=O)OC(C)(C)C)cc3c21. The molecule has 4 heterocycles. The average molecular weight is 829 g/mol. The van der Waals surface area contributed by atoms with E-state index in [9.17, 15) is 4.79 Å². The second-order valence-corrected chi connectivity index (χ2v) is 15.4. The molecule has 1 aliphatic heterocycles. The Hall–Kier alpha value is -3.74. The molecular formula is C43H64N4O12. The van der Waals surface area contributed by atoms with Gasteiger partial charge in [-0.3, -0.25) is 9.78 Å². The number of aromatic nitrogens is 4. The highest BCUT2D eigenvalue weighted by molar-refractivity contribution is 6.05. The minimum atomic E-state index is -0.486. The van der Waals surface area contributed by atoms with Crippen LogP contribution in [-0.4, -0.2) is 144 Å². The van der Waals surface area contributed by atoms with E-state index in [1.165, 1.54) is 0 Å². The predicted octanol–water partition coefficient (Wildman–Crippen LogP) is 6.17. The summed E-state index contributed by atoms with van der Waals surface area (Å²) in [6, 6.07) is 4.17. The zero-order valence-electron chi connectivity index (χ0n) is 36.0. The Morgan fingerprint density at radius 2 is 1.41 bits per heavy atom. The number of benzene rings is 1. The first-order valence-electron chi connectivity index (χ1n) is 20.7. The van der Waals surface area contributed by atoms with Gasteiger partial charge in [-0.25, -0.2) is 4.98 Å². The van der Waals surface area contributed by atoms with Crippen LogP contribution in [0.5, 0.6) is 5.75 Å². The van der Waals surface area contributed by atoms with E-state index in [-0.39, 0.29) is 24.3 Å². The van der Waals surface area contributed by atoms with Crippen LogP contribution in [0.15, 0.2) is 22.9 Å². The lowest BCUT2D eigenvalue weighted by Crippen LogP contribution is -2.24. The molecule has 0 unspecified atom stereocenters. The van der Waals surface area contributed by atoms with Crippen LogP contribution >= 0.6 is 0 Å². The first-order valence-corrected chi connectivity index (χ1v) is 20.7. The van der Waals surface area contributed by atoms with E-state index in [1.807, 2.05) is 40.8 Å². The average Bonchev–Trinajstić information content (AvgIpc) is 3.77. The minimum Gasteiger partial charge on any atom is -0.491 e. The summed E-state index contributed by atoms with van der Waals surface area (Å²) in [7, 11) is 1.73. The Kier molecular flexibility index (Phi) is 18.8. The van der Waals surface area contributed by atoms with Crippen molar-refractivity contribution < 1.29 is 56.7 Å². The summed E-state index contributed by atoms with van der Waals surface area (Å²) in [4.78, 5) is 21.7. The molecule has 4 aromatic rings. The van der Waals surface area contributed by atoms with Crippen molar-refractivity contribution in [3.05, 3.63) is 35.6 Å². The number of pyridine rings is 1. The Labute approximate surface area is 347 Å². The van der Waals surface area contributed by atoms with Gasteiger partial charge in [0.2, 0.25) is 0 Å². The number of fused-ring (bicyclic) bond motifs is 3. The molecule has 0 bridgehead atoms. The Morgan fingerprint density at radius 1 is 0.831 bits per heavy atom. The normalized spacial score (nSPS) is 14.4. The molecule has 16 nitrogen and oxygen atoms in total. The molecule has 1 aliphatic rings. The van der Waals surface area contributed by atoms with Gasteiger partial charge in [-0.1, -0.05) is 5.16 Å². The number of carbonyl (C=O) groups is 1. The maximum absolute atomic E-state index is 11.7. The predicted molar refractivity (Wildman–Crippen MR) is 220 cm³/mol. The number of esters is 1. The second kappa shape index (κ2) is 23.9. The molecule has 1 fully saturated rings. The van der Waals surface area contributed by atoms with Crippen molar-refractivity contribution in [2.75, 3.05) is 113 Å². The molecule has 0 spiro atoms. The number of ether oxygens (including phenoxy) is 10. The van der Waals surface area contributed by atoms with Gasteiger partial charge in [-0.05, 0) is 66.5 Å². The number of carbonyl (C=O) groups excluding carboxylic acids is 1. The topological polar surface area (TPSA) is 166 Å². The molecule has 16 heteroatoms. The van der Waals surface area contributed by atoms with Gasteiger partial charge in [0.1, 0.15) is 35.1 Å². The molecular weight excluding hydrogens is 764 g/mol. The molecule has 59 heavy (non-hydrogen) atoms. The fourth-order valence-electron chi connectivity index (χ4n) is 6.97. The quantitative estimate of drug-likeness (QED) is 0.0495. The molecule has 0 radical (unpaired) electrons. The van der Waals surface area contributed by atoms with Crippen molar-refractivity contribution in [2.24, 2.45) is 0 Å². The fourth-order valence-corrected chi connectivity index (χ4v) is 6.97. The van der Waals surface area contributed by atoms with Crippen LogP contribution in [0.2, 0.25) is 0 Å². The summed E-state index contributed by atoms with van der Waals surface area (Å²) < 4.78 is 64.4. The summed E-state index contributed by atoms with van der Waals surface area (Å²) in [6.45, 7) is 19.0. The Morgan fingerprint density at radius 3 is 1.95 bits per heavy atom. The number of aryl methyl sites for hydroxylation is 2.